The minimum Gasteiger partial charge on any atom is -0.497 e. The second kappa shape index (κ2) is 9.45. The third-order valence-corrected chi connectivity index (χ3v) is 5.41. The van der Waals surface area contributed by atoms with Crippen molar-refractivity contribution < 1.29 is 19.1 Å². The Morgan fingerprint density at radius 1 is 1.00 bits per heavy atom. The van der Waals surface area contributed by atoms with E-state index >= 15 is 0 Å². The van der Waals surface area contributed by atoms with Crippen molar-refractivity contribution in [2.24, 2.45) is 5.92 Å². The van der Waals surface area contributed by atoms with Crippen LogP contribution in [0.5, 0.6) is 11.5 Å². The summed E-state index contributed by atoms with van der Waals surface area (Å²) in [6, 6.07) is 15.0. The molecule has 1 fully saturated rings. The Morgan fingerprint density at radius 2 is 1.59 bits per heavy atom. The smallest absolute Gasteiger partial charge is 0.254 e. The zero-order valence-corrected chi connectivity index (χ0v) is 17.2. The maximum atomic E-state index is 12.9. The molecule has 1 saturated heterocycles. The van der Waals surface area contributed by atoms with Crippen LogP contribution in [-0.2, 0) is 4.79 Å². The number of nitrogens with one attached hydrogen (secondary N) is 1. The average Bonchev–Trinajstić information content (AvgIpc) is 2.78. The quantitative estimate of drug-likeness (QED) is 0.812. The molecular formula is C23H28N2O4. The maximum Gasteiger partial charge on any atom is 0.254 e. The Labute approximate surface area is 171 Å². The van der Waals surface area contributed by atoms with Gasteiger partial charge in [-0.3, -0.25) is 9.59 Å². The standard InChI is InChI=1S/C23H28N2O4/c1-16(17-7-5-4-6-8-17)24-22(26)18-9-11-25(12-10-18)23(27)19-13-20(28-2)15-21(14-19)29-3/h4-8,13-16,18H,9-12H2,1-3H3,(H,24,26). The molecule has 0 bridgehead atoms. The topological polar surface area (TPSA) is 67.9 Å². The molecule has 6 heteroatoms. The molecule has 1 atom stereocenters. The van der Waals surface area contributed by atoms with E-state index in [1.807, 2.05) is 37.3 Å². The van der Waals surface area contributed by atoms with Crippen LogP contribution >= 0.6 is 0 Å². The van der Waals surface area contributed by atoms with Gasteiger partial charge in [0, 0.05) is 30.6 Å². The van der Waals surface area contributed by atoms with Crippen LogP contribution in [0.2, 0.25) is 0 Å². The Morgan fingerprint density at radius 3 is 2.14 bits per heavy atom. The predicted molar refractivity (Wildman–Crippen MR) is 111 cm³/mol. The van der Waals surface area contributed by atoms with Gasteiger partial charge < -0.3 is 19.7 Å². The molecule has 2 amide bonds. The fourth-order valence-electron chi connectivity index (χ4n) is 3.61. The second-order valence-corrected chi connectivity index (χ2v) is 7.31. The molecule has 0 radical (unpaired) electrons. The summed E-state index contributed by atoms with van der Waals surface area (Å²) < 4.78 is 10.5. The summed E-state index contributed by atoms with van der Waals surface area (Å²) in [5.74, 6) is 1.06. The molecule has 3 rings (SSSR count). The number of hydrogen-bond acceptors (Lipinski definition) is 4. The van der Waals surface area contributed by atoms with E-state index in [9.17, 15) is 9.59 Å². The van der Waals surface area contributed by atoms with Crippen LogP contribution in [0.4, 0.5) is 0 Å². The second-order valence-electron chi connectivity index (χ2n) is 7.31. The number of ether oxygens (including phenoxy) is 2. The minimum atomic E-state index is -0.0787. The summed E-state index contributed by atoms with van der Waals surface area (Å²) >= 11 is 0. The van der Waals surface area contributed by atoms with Crippen LogP contribution in [0.15, 0.2) is 48.5 Å². The van der Waals surface area contributed by atoms with Gasteiger partial charge in [0.05, 0.1) is 20.3 Å². The van der Waals surface area contributed by atoms with Crippen molar-refractivity contribution in [2.45, 2.75) is 25.8 Å². The van der Waals surface area contributed by atoms with E-state index in [2.05, 4.69) is 5.32 Å². The first-order valence-corrected chi connectivity index (χ1v) is 9.89. The summed E-state index contributed by atoms with van der Waals surface area (Å²) in [6.07, 6.45) is 1.31. The Balaban J connectivity index is 1.57. The van der Waals surface area contributed by atoms with Gasteiger partial charge in [0.1, 0.15) is 11.5 Å². The van der Waals surface area contributed by atoms with Gasteiger partial charge >= 0.3 is 0 Å². The highest BCUT2D eigenvalue weighted by molar-refractivity contribution is 5.95. The number of methoxy groups -OCH3 is 2. The molecule has 2 aromatic carbocycles. The Kier molecular flexibility index (Phi) is 6.75. The van der Waals surface area contributed by atoms with Gasteiger partial charge in [-0.1, -0.05) is 30.3 Å². The van der Waals surface area contributed by atoms with Gasteiger partial charge in [0.2, 0.25) is 5.91 Å². The molecule has 1 aliphatic rings. The number of amides is 2. The van der Waals surface area contributed by atoms with Gasteiger partial charge in [0.25, 0.3) is 5.91 Å². The molecule has 0 aliphatic carbocycles. The summed E-state index contributed by atoms with van der Waals surface area (Å²) in [4.78, 5) is 27.3. The molecule has 2 aromatic rings. The first kappa shape index (κ1) is 20.7. The van der Waals surface area contributed by atoms with Crippen molar-refractivity contribution >= 4 is 11.8 Å². The largest absolute Gasteiger partial charge is 0.497 e. The lowest BCUT2D eigenvalue weighted by Gasteiger charge is -2.32. The first-order chi connectivity index (χ1) is 14.0. The third kappa shape index (κ3) is 5.08. The van der Waals surface area contributed by atoms with E-state index in [4.69, 9.17) is 9.47 Å². The number of rotatable bonds is 6. The van der Waals surface area contributed by atoms with Gasteiger partial charge in [-0.05, 0) is 37.5 Å². The SMILES string of the molecule is COc1cc(OC)cc(C(=O)N2CCC(C(=O)NC(C)c3ccccc3)CC2)c1. The normalized spacial score (nSPS) is 15.5. The van der Waals surface area contributed by atoms with Crippen molar-refractivity contribution in [1.82, 2.24) is 10.2 Å². The lowest BCUT2D eigenvalue weighted by atomic mass is 9.94. The third-order valence-electron chi connectivity index (χ3n) is 5.41. The Hall–Kier alpha value is -3.02. The predicted octanol–water partition coefficient (Wildman–Crippen LogP) is 3.43. The van der Waals surface area contributed by atoms with Crippen LogP contribution in [0, 0.1) is 5.92 Å². The first-order valence-electron chi connectivity index (χ1n) is 9.89. The van der Waals surface area contributed by atoms with Crippen molar-refractivity contribution in [1.29, 1.82) is 0 Å². The lowest BCUT2D eigenvalue weighted by molar-refractivity contribution is -0.126. The van der Waals surface area contributed by atoms with E-state index in [-0.39, 0.29) is 23.8 Å². The lowest BCUT2D eigenvalue weighted by Crippen LogP contribution is -2.43. The number of carbonyl (C=O) groups is 2. The molecule has 6 nitrogen and oxygen atoms in total. The van der Waals surface area contributed by atoms with E-state index in [1.165, 1.54) is 0 Å². The van der Waals surface area contributed by atoms with Crippen LogP contribution in [0.25, 0.3) is 0 Å². The molecule has 0 spiro atoms. The summed E-state index contributed by atoms with van der Waals surface area (Å²) in [5.41, 5.74) is 1.61. The van der Waals surface area contributed by atoms with Gasteiger partial charge in [-0.2, -0.15) is 0 Å². The zero-order valence-electron chi connectivity index (χ0n) is 17.2. The fraction of sp³-hybridized carbons (Fsp3) is 0.391. The van der Waals surface area contributed by atoms with E-state index < -0.39 is 0 Å². The van der Waals surface area contributed by atoms with E-state index in [0.29, 0.717) is 43.0 Å². The van der Waals surface area contributed by atoms with E-state index in [0.717, 1.165) is 5.56 Å². The van der Waals surface area contributed by atoms with Crippen LogP contribution in [0.3, 0.4) is 0 Å². The molecular weight excluding hydrogens is 368 g/mol. The highest BCUT2D eigenvalue weighted by atomic mass is 16.5. The van der Waals surface area contributed by atoms with Crippen molar-refractivity contribution in [2.75, 3.05) is 27.3 Å². The molecule has 0 saturated carbocycles. The number of likely N-dealkylation sites (tertiary alicyclic amines) is 1. The van der Waals surface area contributed by atoms with Crippen molar-refractivity contribution in [3.05, 3.63) is 59.7 Å². The minimum absolute atomic E-state index is 0.0346. The Bertz CT molecular complexity index is 823. The average molecular weight is 396 g/mol. The number of nitrogens with zero attached hydrogens (tertiary/aromatic N) is 1. The molecule has 1 N–H and O–H groups in total. The van der Waals surface area contributed by atoms with Gasteiger partial charge in [-0.25, -0.2) is 0 Å². The number of benzene rings is 2. The molecule has 1 aliphatic heterocycles. The highest BCUT2D eigenvalue weighted by Crippen LogP contribution is 2.26. The number of piperidine rings is 1. The maximum absolute atomic E-state index is 12.9. The molecule has 1 heterocycles. The number of carbonyl (C=O) groups excluding carboxylic acids is 2. The summed E-state index contributed by atoms with van der Waals surface area (Å²) in [5, 5.41) is 3.10. The van der Waals surface area contributed by atoms with Gasteiger partial charge in [-0.15, -0.1) is 0 Å². The van der Waals surface area contributed by atoms with Crippen LogP contribution in [0.1, 0.15) is 41.7 Å². The van der Waals surface area contributed by atoms with Crippen molar-refractivity contribution in [3.8, 4) is 11.5 Å². The molecule has 154 valence electrons. The van der Waals surface area contributed by atoms with E-state index in [1.54, 1.807) is 37.3 Å². The van der Waals surface area contributed by atoms with Crippen LogP contribution in [-0.4, -0.2) is 44.0 Å². The summed E-state index contributed by atoms with van der Waals surface area (Å²) in [6.45, 7) is 3.09. The number of hydrogen-bond donors (Lipinski definition) is 1. The monoisotopic (exact) mass is 396 g/mol. The fourth-order valence-corrected chi connectivity index (χ4v) is 3.61. The molecule has 1 unspecified atom stereocenters. The molecule has 29 heavy (non-hydrogen) atoms. The van der Waals surface area contributed by atoms with Crippen molar-refractivity contribution in [3.63, 3.8) is 0 Å². The van der Waals surface area contributed by atoms with Gasteiger partial charge in [0.15, 0.2) is 0 Å². The zero-order chi connectivity index (χ0) is 20.8. The highest BCUT2D eigenvalue weighted by Gasteiger charge is 2.29. The van der Waals surface area contributed by atoms with Crippen LogP contribution < -0.4 is 14.8 Å². The molecule has 0 aromatic heterocycles. The summed E-state index contributed by atoms with van der Waals surface area (Å²) in [7, 11) is 3.12.